The van der Waals surface area contributed by atoms with Crippen molar-refractivity contribution in [2.75, 3.05) is 0 Å². The first-order valence-electron chi connectivity index (χ1n) is 5.06. The fourth-order valence-electron chi connectivity index (χ4n) is 2.34. The lowest BCUT2D eigenvalue weighted by Crippen LogP contribution is -1.93. The molecule has 0 amide bonds. The van der Waals surface area contributed by atoms with Crippen LogP contribution in [0.15, 0.2) is 47.1 Å². The van der Waals surface area contributed by atoms with Crippen molar-refractivity contribution in [3.63, 3.8) is 0 Å². The molecule has 1 nitrogen and oxygen atoms in total. The molecule has 0 saturated carbocycles. The molecule has 1 aliphatic rings. The smallest absolute Gasteiger partial charge is 0.111 e. The summed E-state index contributed by atoms with van der Waals surface area (Å²) in [5.74, 6) is 1.59. The van der Waals surface area contributed by atoms with Gasteiger partial charge in [-0.25, -0.2) is 0 Å². The molecule has 0 bridgehead atoms. The van der Waals surface area contributed by atoms with Gasteiger partial charge in [0.1, 0.15) is 5.76 Å². The van der Waals surface area contributed by atoms with Crippen molar-refractivity contribution in [1.82, 2.24) is 0 Å². The molecule has 0 aliphatic heterocycles. The van der Waals surface area contributed by atoms with E-state index in [0.717, 1.165) is 5.76 Å². The van der Waals surface area contributed by atoms with Crippen molar-refractivity contribution in [1.29, 1.82) is 0 Å². The van der Waals surface area contributed by atoms with E-state index in [-0.39, 0.29) is 0 Å². The number of fused-ring (bicyclic) bond motifs is 1. The van der Waals surface area contributed by atoms with E-state index in [1.54, 1.807) is 6.26 Å². The van der Waals surface area contributed by atoms with Crippen LogP contribution < -0.4 is 0 Å². The van der Waals surface area contributed by atoms with Crippen LogP contribution in [-0.2, 0) is 6.42 Å². The summed E-state index contributed by atoms with van der Waals surface area (Å²) < 4.78 is 5.47. The van der Waals surface area contributed by atoms with E-state index in [1.807, 2.05) is 6.07 Å². The standard InChI is InChI=1S/C13H12O/c1-2-5-11-10(4-1)7-8-12(11)13-6-3-9-14-13/h1-6,9,12H,7-8H2. The highest BCUT2D eigenvalue weighted by Gasteiger charge is 2.24. The van der Waals surface area contributed by atoms with Gasteiger partial charge in [-0.3, -0.25) is 0 Å². The van der Waals surface area contributed by atoms with Gasteiger partial charge >= 0.3 is 0 Å². The fourth-order valence-corrected chi connectivity index (χ4v) is 2.34. The van der Waals surface area contributed by atoms with Crippen LogP contribution in [-0.4, -0.2) is 0 Å². The van der Waals surface area contributed by atoms with Gasteiger partial charge in [0.2, 0.25) is 0 Å². The number of furan rings is 1. The number of hydrogen-bond donors (Lipinski definition) is 0. The number of hydrogen-bond acceptors (Lipinski definition) is 1. The molecule has 1 atom stereocenters. The summed E-state index contributed by atoms with van der Waals surface area (Å²) in [6, 6.07) is 12.7. The quantitative estimate of drug-likeness (QED) is 0.662. The van der Waals surface area contributed by atoms with E-state index < -0.39 is 0 Å². The van der Waals surface area contributed by atoms with Gasteiger partial charge in [0, 0.05) is 5.92 Å². The summed E-state index contributed by atoms with van der Waals surface area (Å²) in [6.45, 7) is 0. The summed E-state index contributed by atoms with van der Waals surface area (Å²) in [5, 5.41) is 0. The number of rotatable bonds is 1. The molecular formula is C13H12O. The summed E-state index contributed by atoms with van der Waals surface area (Å²) in [4.78, 5) is 0. The van der Waals surface area contributed by atoms with E-state index in [9.17, 15) is 0 Å². The second-order valence-corrected chi connectivity index (χ2v) is 3.81. The van der Waals surface area contributed by atoms with Crippen molar-refractivity contribution < 1.29 is 4.42 Å². The molecule has 14 heavy (non-hydrogen) atoms. The predicted molar refractivity (Wildman–Crippen MR) is 55.3 cm³/mol. The molecule has 1 unspecified atom stereocenters. The van der Waals surface area contributed by atoms with Crippen molar-refractivity contribution in [3.05, 3.63) is 59.5 Å². The number of aryl methyl sites for hydroxylation is 1. The first-order valence-corrected chi connectivity index (χ1v) is 5.06. The van der Waals surface area contributed by atoms with Crippen molar-refractivity contribution in [3.8, 4) is 0 Å². The van der Waals surface area contributed by atoms with Gasteiger partial charge in [0.05, 0.1) is 6.26 Å². The maximum absolute atomic E-state index is 5.47. The second kappa shape index (κ2) is 3.02. The molecule has 0 saturated heterocycles. The molecule has 70 valence electrons. The summed E-state index contributed by atoms with van der Waals surface area (Å²) in [7, 11) is 0. The predicted octanol–water partition coefficient (Wildman–Crippen LogP) is 3.36. The van der Waals surface area contributed by atoms with Crippen LogP contribution in [0, 0.1) is 0 Å². The first-order chi connectivity index (χ1) is 6.95. The van der Waals surface area contributed by atoms with Gasteiger partial charge in [-0.05, 0) is 36.1 Å². The third kappa shape index (κ3) is 1.09. The van der Waals surface area contributed by atoms with Crippen molar-refractivity contribution in [2.24, 2.45) is 0 Å². The minimum Gasteiger partial charge on any atom is -0.469 e. The summed E-state index contributed by atoms with van der Waals surface area (Å²) in [6.07, 6.45) is 4.13. The van der Waals surface area contributed by atoms with E-state index in [4.69, 9.17) is 4.42 Å². The van der Waals surface area contributed by atoms with Crippen LogP contribution in [0.2, 0.25) is 0 Å². The highest BCUT2D eigenvalue weighted by Crippen LogP contribution is 2.37. The molecule has 0 spiro atoms. The molecule has 1 heterocycles. The van der Waals surface area contributed by atoms with Crippen LogP contribution in [0.3, 0.4) is 0 Å². The van der Waals surface area contributed by atoms with Gasteiger partial charge in [-0.2, -0.15) is 0 Å². The van der Waals surface area contributed by atoms with E-state index >= 15 is 0 Å². The van der Waals surface area contributed by atoms with Crippen LogP contribution in [0.5, 0.6) is 0 Å². The molecular weight excluding hydrogens is 172 g/mol. The Bertz CT molecular complexity index is 428. The molecule has 0 fully saturated rings. The molecule has 0 radical (unpaired) electrons. The van der Waals surface area contributed by atoms with Gasteiger partial charge in [0.25, 0.3) is 0 Å². The summed E-state index contributed by atoms with van der Waals surface area (Å²) in [5.41, 5.74) is 2.93. The highest BCUT2D eigenvalue weighted by molar-refractivity contribution is 5.39. The molecule has 1 aromatic carbocycles. The van der Waals surface area contributed by atoms with Crippen LogP contribution in [0.25, 0.3) is 0 Å². The lowest BCUT2D eigenvalue weighted by atomic mass is 9.99. The maximum atomic E-state index is 5.47. The zero-order chi connectivity index (χ0) is 9.38. The Morgan fingerprint density at radius 2 is 2.00 bits per heavy atom. The monoisotopic (exact) mass is 184 g/mol. The normalized spacial score (nSPS) is 19.6. The third-order valence-corrected chi connectivity index (χ3v) is 3.02. The third-order valence-electron chi connectivity index (χ3n) is 3.02. The Morgan fingerprint density at radius 3 is 2.86 bits per heavy atom. The maximum Gasteiger partial charge on any atom is 0.111 e. The molecule has 1 aliphatic carbocycles. The molecule has 3 rings (SSSR count). The molecule has 0 N–H and O–H groups in total. The Kier molecular flexibility index (Phi) is 1.69. The average Bonchev–Trinajstić information content (AvgIpc) is 2.85. The minimum absolute atomic E-state index is 0.487. The second-order valence-electron chi connectivity index (χ2n) is 3.81. The Hall–Kier alpha value is -1.50. The largest absolute Gasteiger partial charge is 0.469 e. The fraction of sp³-hybridized carbons (Fsp3) is 0.231. The first kappa shape index (κ1) is 7.86. The van der Waals surface area contributed by atoms with Crippen LogP contribution >= 0.6 is 0 Å². The lowest BCUT2D eigenvalue weighted by molar-refractivity contribution is 0.484. The van der Waals surface area contributed by atoms with E-state index in [0.29, 0.717) is 5.92 Å². The van der Waals surface area contributed by atoms with Crippen LogP contribution in [0.1, 0.15) is 29.2 Å². The molecule has 1 aromatic heterocycles. The topological polar surface area (TPSA) is 13.1 Å². The van der Waals surface area contributed by atoms with Gasteiger partial charge in [-0.15, -0.1) is 0 Å². The average molecular weight is 184 g/mol. The Labute approximate surface area is 83.4 Å². The SMILES string of the molecule is c1coc(C2CCc3ccccc32)c1. The van der Waals surface area contributed by atoms with Gasteiger partial charge < -0.3 is 4.42 Å². The van der Waals surface area contributed by atoms with Gasteiger partial charge in [0.15, 0.2) is 0 Å². The summed E-state index contributed by atoms with van der Waals surface area (Å²) >= 11 is 0. The minimum atomic E-state index is 0.487. The zero-order valence-corrected chi connectivity index (χ0v) is 7.94. The molecule has 2 aromatic rings. The molecule has 1 heteroatoms. The lowest BCUT2D eigenvalue weighted by Gasteiger charge is -2.07. The van der Waals surface area contributed by atoms with Gasteiger partial charge in [-0.1, -0.05) is 24.3 Å². The van der Waals surface area contributed by atoms with E-state index in [1.165, 1.54) is 24.0 Å². The van der Waals surface area contributed by atoms with Crippen molar-refractivity contribution in [2.45, 2.75) is 18.8 Å². The highest BCUT2D eigenvalue weighted by atomic mass is 16.3. The van der Waals surface area contributed by atoms with E-state index in [2.05, 4.69) is 30.3 Å². The van der Waals surface area contributed by atoms with Crippen LogP contribution in [0.4, 0.5) is 0 Å². The number of benzene rings is 1. The zero-order valence-electron chi connectivity index (χ0n) is 7.94. The Balaban J connectivity index is 2.06. The van der Waals surface area contributed by atoms with Crippen molar-refractivity contribution >= 4 is 0 Å². The Morgan fingerprint density at radius 1 is 1.07 bits per heavy atom.